The molecule has 0 radical (unpaired) electrons. The molecule has 2 aromatic heterocycles. The highest BCUT2D eigenvalue weighted by Gasteiger charge is 2.23. The number of fused-ring (bicyclic) bond motifs is 1. The predicted octanol–water partition coefficient (Wildman–Crippen LogP) is 1.68. The zero-order chi connectivity index (χ0) is 16.4. The van der Waals surface area contributed by atoms with Crippen molar-refractivity contribution in [2.24, 2.45) is 0 Å². The van der Waals surface area contributed by atoms with Crippen LogP contribution in [-0.2, 0) is 11.3 Å². The lowest BCUT2D eigenvalue weighted by molar-refractivity contribution is -0.139. The number of rotatable bonds is 5. The van der Waals surface area contributed by atoms with Crippen molar-refractivity contribution in [1.29, 1.82) is 0 Å². The van der Waals surface area contributed by atoms with Crippen LogP contribution >= 0.6 is 11.3 Å². The highest BCUT2D eigenvalue weighted by molar-refractivity contribution is 7.20. The van der Waals surface area contributed by atoms with Crippen molar-refractivity contribution in [2.75, 3.05) is 0 Å². The molecule has 0 bridgehead atoms. The summed E-state index contributed by atoms with van der Waals surface area (Å²) in [5, 5.41) is 12.1. The Kier molecular flexibility index (Phi) is 4.07. The number of carboxylic acids is 1. The molecule has 2 N–H and O–H groups in total. The topological polar surface area (TPSA) is 97.1 Å². The number of nitrogens with one attached hydrogen (secondary N) is 1. The van der Waals surface area contributed by atoms with E-state index >= 15 is 0 Å². The number of hydrogen-bond donors (Lipinski definition) is 2. The normalized spacial score (nSPS) is 12.2. The molecule has 23 heavy (non-hydrogen) atoms. The molecule has 7 nitrogen and oxygen atoms in total. The van der Waals surface area contributed by atoms with Crippen LogP contribution in [0.1, 0.15) is 15.4 Å². The highest BCUT2D eigenvalue weighted by Crippen LogP contribution is 2.24. The Labute approximate surface area is 135 Å². The van der Waals surface area contributed by atoms with Crippen LogP contribution in [0.15, 0.2) is 36.9 Å². The summed E-state index contributed by atoms with van der Waals surface area (Å²) in [5.74, 6) is -1.59. The van der Waals surface area contributed by atoms with E-state index in [0.29, 0.717) is 0 Å². The molecule has 1 atom stereocenters. The minimum atomic E-state index is -1.11. The van der Waals surface area contributed by atoms with Gasteiger partial charge in [-0.2, -0.15) is 0 Å². The van der Waals surface area contributed by atoms with E-state index in [9.17, 15) is 14.7 Å². The van der Waals surface area contributed by atoms with E-state index < -0.39 is 17.9 Å². The third kappa shape index (κ3) is 3.21. The molecule has 0 saturated heterocycles. The molecule has 2 heterocycles. The van der Waals surface area contributed by atoms with E-state index in [1.807, 2.05) is 25.1 Å². The number of carbonyl (C=O) groups is 2. The number of thiazole rings is 1. The number of carbonyl (C=O) groups excluding carboxylic acids is 1. The average molecular weight is 330 g/mol. The van der Waals surface area contributed by atoms with E-state index in [2.05, 4.69) is 15.3 Å². The number of benzene rings is 1. The molecule has 0 spiro atoms. The van der Waals surface area contributed by atoms with Gasteiger partial charge in [0.05, 0.1) is 23.1 Å². The number of aliphatic carboxylic acids is 1. The summed E-state index contributed by atoms with van der Waals surface area (Å²) in [6.07, 6.45) is 4.70. The first-order valence-corrected chi connectivity index (χ1v) is 7.72. The number of aryl methyl sites for hydroxylation is 1. The number of para-hydroxylation sites is 1. The standard InChI is InChI=1S/C15H14N4O3S/c1-9-3-2-4-11-12(9)18-14(23-11)13(20)17-10(15(21)22)7-19-6-5-16-8-19/h2-6,8,10H,7H2,1H3,(H,17,20)(H,21,22). The van der Waals surface area contributed by atoms with Crippen molar-refractivity contribution in [2.45, 2.75) is 19.5 Å². The average Bonchev–Trinajstić information content (AvgIpc) is 3.15. The maximum absolute atomic E-state index is 12.3. The molecule has 0 aliphatic heterocycles. The Balaban J connectivity index is 1.80. The van der Waals surface area contributed by atoms with E-state index in [1.54, 1.807) is 17.0 Å². The van der Waals surface area contributed by atoms with Crippen molar-refractivity contribution in [1.82, 2.24) is 19.9 Å². The van der Waals surface area contributed by atoms with Crippen LogP contribution in [0.5, 0.6) is 0 Å². The van der Waals surface area contributed by atoms with Gasteiger partial charge in [0.1, 0.15) is 6.04 Å². The summed E-state index contributed by atoms with van der Waals surface area (Å²) in [4.78, 5) is 31.8. The molecule has 8 heteroatoms. The smallest absolute Gasteiger partial charge is 0.328 e. The minimum Gasteiger partial charge on any atom is -0.480 e. The number of amides is 1. The lowest BCUT2D eigenvalue weighted by atomic mass is 10.2. The molecular formula is C15H14N4O3S. The van der Waals surface area contributed by atoms with Crippen LogP contribution in [0.3, 0.4) is 0 Å². The van der Waals surface area contributed by atoms with Gasteiger partial charge >= 0.3 is 5.97 Å². The molecule has 3 aromatic rings. The Morgan fingerprint density at radius 2 is 2.26 bits per heavy atom. The van der Waals surface area contributed by atoms with Crippen LogP contribution in [0.25, 0.3) is 10.2 Å². The van der Waals surface area contributed by atoms with Gasteiger partial charge in [-0.1, -0.05) is 12.1 Å². The fourth-order valence-corrected chi connectivity index (χ4v) is 3.14. The summed E-state index contributed by atoms with van der Waals surface area (Å²) in [5.41, 5.74) is 1.75. The molecule has 3 rings (SSSR count). The third-order valence-electron chi connectivity index (χ3n) is 3.37. The fourth-order valence-electron chi connectivity index (χ4n) is 2.19. The predicted molar refractivity (Wildman–Crippen MR) is 85.5 cm³/mol. The Morgan fingerprint density at radius 1 is 1.43 bits per heavy atom. The molecule has 0 fully saturated rings. The second kappa shape index (κ2) is 6.17. The Morgan fingerprint density at radius 3 is 2.91 bits per heavy atom. The summed E-state index contributed by atoms with van der Waals surface area (Å²) in [7, 11) is 0. The van der Waals surface area contributed by atoms with Crippen LogP contribution in [0.4, 0.5) is 0 Å². The number of aromatic nitrogens is 3. The molecule has 0 aliphatic rings. The SMILES string of the molecule is Cc1cccc2sc(C(=O)NC(Cn3ccnc3)C(=O)O)nc12. The number of hydrogen-bond acceptors (Lipinski definition) is 5. The molecule has 1 unspecified atom stereocenters. The van der Waals surface area contributed by atoms with Crippen molar-refractivity contribution in [3.05, 3.63) is 47.5 Å². The quantitative estimate of drug-likeness (QED) is 0.742. The number of nitrogens with zero attached hydrogens (tertiary/aromatic N) is 3. The second-order valence-corrected chi connectivity index (χ2v) is 6.10. The van der Waals surface area contributed by atoms with Crippen LogP contribution in [0, 0.1) is 6.92 Å². The highest BCUT2D eigenvalue weighted by atomic mass is 32.1. The summed E-state index contributed by atoms with van der Waals surface area (Å²) in [6, 6.07) is 4.65. The maximum Gasteiger partial charge on any atom is 0.328 e. The molecule has 0 aliphatic carbocycles. The second-order valence-electron chi connectivity index (χ2n) is 5.06. The molecular weight excluding hydrogens is 316 g/mol. The van der Waals surface area contributed by atoms with Gasteiger partial charge in [0.2, 0.25) is 0 Å². The largest absolute Gasteiger partial charge is 0.480 e. The van der Waals surface area contributed by atoms with Gasteiger partial charge in [-0.15, -0.1) is 11.3 Å². The first-order valence-electron chi connectivity index (χ1n) is 6.90. The summed E-state index contributed by atoms with van der Waals surface area (Å²) >= 11 is 1.25. The van der Waals surface area contributed by atoms with Crippen molar-refractivity contribution in [3.63, 3.8) is 0 Å². The van der Waals surface area contributed by atoms with E-state index in [0.717, 1.165) is 15.8 Å². The molecule has 1 amide bonds. The van der Waals surface area contributed by atoms with Crippen LogP contribution in [0.2, 0.25) is 0 Å². The van der Waals surface area contributed by atoms with E-state index in [4.69, 9.17) is 0 Å². The van der Waals surface area contributed by atoms with E-state index in [1.165, 1.54) is 17.7 Å². The lowest BCUT2D eigenvalue weighted by Crippen LogP contribution is -2.43. The van der Waals surface area contributed by atoms with Gasteiger partial charge in [-0.25, -0.2) is 14.8 Å². The van der Waals surface area contributed by atoms with Gasteiger partial charge in [-0.3, -0.25) is 4.79 Å². The van der Waals surface area contributed by atoms with E-state index in [-0.39, 0.29) is 11.6 Å². The van der Waals surface area contributed by atoms with Crippen LogP contribution in [-0.4, -0.2) is 37.6 Å². The van der Waals surface area contributed by atoms with Gasteiger partial charge in [0.15, 0.2) is 5.01 Å². The molecule has 0 saturated carbocycles. The molecule has 1 aromatic carbocycles. The van der Waals surface area contributed by atoms with Gasteiger partial charge in [0, 0.05) is 12.4 Å². The van der Waals surface area contributed by atoms with Gasteiger partial charge in [0.25, 0.3) is 5.91 Å². The van der Waals surface area contributed by atoms with Crippen molar-refractivity contribution in [3.8, 4) is 0 Å². The maximum atomic E-state index is 12.3. The number of imidazole rings is 1. The van der Waals surface area contributed by atoms with Crippen molar-refractivity contribution < 1.29 is 14.7 Å². The number of carboxylic acid groups (broad SMARTS) is 1. The zero-order valence-electron chi connectivity index (χ0n) is 12.3. The van der Waals surface area contributed by atoms with Crippen molar-refractivity contribution >= 4 is 33.4 Å². The van der Waals surface area contributed by atoms with Crippen LogP contribution < -0.4 is 5.32 Å². The lowest BCUT2D eigenvalue weighted by Gasteiger charge is -2.13. The Bertz CT molecular complexity index is 857. The first-order chi connectivity index (χ1) is 11.0. The first kappa shape index (κ1) is 15.2. The summed E-state index contributed by atoms with van der Waals surface area (Å²) < 4.78 is 2.50. The fraction of sp³-hybridized carbons (Fsp3) is 0.200. The minimum absolute atomic E-state index is 0.102. The zero-order valence-corrected chi connectivity index (χ0v) is 13.1. The van der Waals surface area contributed by atoms with Gasteiger partial charge in [-0.05, 0) is 18.6 Å². The monoisotopic (exact) mass is 330 g/mol. The Hall–Kier alpha value is -2.74. The third-order valence-corrected chi connectivity index (χ3v) is 4.39. The van der Waals surface area contributed by atoms with Gasteiger partial charge < -0.3 is 15.0 Å². The summed E-state index contributed by atoms with van der Waals surface area (Å²) in [6.45, 7) is 2.02. The molecule has 118 valence electrons.